The van der Waals surface area contributed by atoms with Crippen molar-refractivity contribution in [2.24, 2.45) is 0 Å². The Morgan fingerprint density at radius 1 is 1.03 bits per heavy atom. The van der Waals surface area contributed by atoms with Crippen LogP contribution in [0.3, 0.4) is 0 Å². The van der Waals surface area contributed by atoms with Crippen molar-refractivity contribution in [1.29, 1.82) is 0 Å². The summed E-state index contributed by atoms with van der Waals surface area (Å²) >= 11 is 9.90. The summed E-state index contributed by atoms with van der Waals surface area (Å²) in [6.45, 7) is 4.10. The Bertz CT molecular complexity index is 1180. The third-order valence-corrected chi connectivity index (χ3v) is 6.27. The Hall–Kier alpha value is -3.03. The van der Waals surface area contributed by atoms with E-state index in [9.17, 15) is 9.59 Å². The molecule has 1 N–H and O–H groups in total. The summed E-state index contributed by atoms with van der Waals surface area (Å²) < 4.78 is 6.83. The number of anilines is 2. The van der Waals surface area contributed by atoms with Gasteiger partial charge in [0.05, 0.1) is 16.4 Å². The maximum Gasteiger partial charge on any atom is 0.248 e. The van der Waals surface area contributed by atoms with Crippen LogP contribution in [0, 0.1) is 0 Å². The lowest BCUT2D eigenvalue weighted by molar-refractivity contribution is -0.129. The highest BCUT2D eigenvalue weighted by atomic mass is 79.9. The number of nitrogens with zero attached hydrogens (tertiary/aromatic N) is 2. The monoisotopic (exact) mass is 527 g/mol. The predicted octanol–water partition coefficient (Wildman–Crippen LogP) is 5.68. The van der Waals surface area contributed by atoms with Crippen LogP contribution in [0.25, 0.3) is 17.4 Å². The Balaban J connectivity index is 1.44. The molecule has 1 fully saturated rings. The average Bonchev–Trinajstić information content (AvgIpc) is 3.27. The van der Waals surface area contributed by atoms with Crippen molar-refractivity contribution in [2.45, 2.75) is 6.92 Å². The van der Waals surface area contributed by atoms with Gasteiger partial charge >= 0.3 is 0 Å². The summed E-state index contributed by atoms with van der Waals surface area (Å²) in [5.74, 6) is 1.08. The smallest absolute Gasteiger partial charge is 0.248 e. The maximum atomic E-state index is 12.6. The molecule has 33 heavy (non-hydrogen) atoms. The third kappa shape index (κ3) is 5.67. The van der Waals surface area contributed by atoms with E-state index in [1.54, 1.807) is 30.0 Å². The molecule has 1 aliphatic heterocycles. The van der Waals surface area contributed by atoms with Crippen LogP contribution in [0.2, 0.25) is 5.02 Å². The summed E-state index contributed by atoms with van der Waals surface area (Å²) in [6, 6.07) is 16.9. The number of furan rings is 1. The van der Waals surface area contributed by atoms with E-state index >= 15 is 0 Å². The van der Waals surface area contributed by atoms with Crippen LogP contribution in [-0.4, -0.2) is 42.9 Å². The molecule has 0 atom stereocenters. The second-order valence-electron chi connectivity index (χ2n) is 7.66. The zero-order valence-electron chi connectivity index (χ0n) is 18.1. The van der Waals surface area contributed by atoms with E-state index in [0.29, 0.717) is 42.6 Å². The largest absolute Gasteiger partial charge is 0.457 e. The first-order chi connectivity index (χ1) is 15.9. The maximum absolute atomic E-state index is 12.6. The zero-order chi connectivity index (χ0) is 23.4. The van der Waals surface area contributed by atoms with Gasteiger partial charge in [-0.25, -0.2) is 0 Å². The summed E-state index contributed by atoms with van der Waals surface area (Å²) in [5, 5.41) is 3.47. The normalized spacial score (nSPS) is 14.0. The number of amides is 2. The lowest BCUT2D eigenvalue weighted by atomic mass is 10.2. The van der Waals surface area contributed by atoms with Crippen LogP contribution in [0.4, 0.5) is 11.4 Å². The second kappa shape index (κ2) is 10.3. The van der Waals surface area contributed by atoms with Gasteiger partial charge in [-0.2, -0.15) is 0 Å². The molecule has 0 aliphatic carbocycles. The number of hydrogen-bond donors (Lipinski definition) is 1. The molecule has 2 amide bonds. The van der Waals surface area contributed by atoms with Crippen LogP contribution in [0.5, 0.6) is 0 Å². The Morgan fingerprint density at radius 3 is 2.45 bits per heavy atom. The van der Waals surface area contributed by atoms with Gasteiger partial charge in [-0.05, 0) is 42.5 Å². The molecular formula is C25H23BrClN3O3. The van der Waals surface area contributed by atoms with Crippen LogP contribution < -0.4 is 10.2 Å². The van der Waals surface area contributed by atoms with Gasteiger partial charge in [-0.3, -0.25) is 9.59 Å². The number of hydrogen-bond acceptors (Lipinski definition) is 4. The van der Waals surface area contributed by atoms with E-state index in [1.165, 1.54) is 6.08 Å². The molecule has 0 radical (unpaired) electrons. The summed E-state index contributed by atoms with van der Waals surface area (Å²) in [4.78, 5) is 28.1. The average molecular weight is 529 g/mol. The van der Waals surface area contributed by atoms with Gasteiger partial charge < -0.3 is 19.5 Å². The van der Waals surface area contributed by atoms with Gasteiger partial charge in [0.2, 0.25) is 11.8 Å². The van der Waals surface area contributed by atoms with Gasteiger partial charge in [0, 0.05) is 49.2 Å². The van der Waals surface area contributed by atoms with Gasteiger partial charge in [0.1, 0.15) is 11.5 Å². The van der Waals surface area contributed by atoms with Crippen LogP contribution in [0.15, 0.2) is 69.6 Å². The third-order valence-electron chi connectivity index (χ3n) is 5.44. The molecule has 1 aliphatic rings. The molecule has 2 heterocycles. The Labute approximate surface area is 205 Å². The van der Waals surface area contributed by atoms with E-state index in [1.807, 2.05) is 42.5 Å². The van der Waals surface area contributed by atoms with E-state index in [2.05, 4.69) is 26.1 Å². The van der Waals surface area contributed by atoms with E-state index in [0.717, 1.165) is 21.5 Å². The number of carbonyl (C=O) groups is 2. The summed E-state index contributed by atoms with van der Waals surface area (Å²) in [7, 11) is 0. The first-order valence-corrected chi connectivity index (χ1v) is 11.7. The van der Waals surface area contributed by atoms with Crippen LogP contribution in [-0.2, 0) is 9.59 Å². The minimum absolute atomic E-state index is 0.0636. The van der Waals surface area contributed by atoms with Crippen LogP contribution >= 0.6 is 27.5 Å². The molecule has 0 saturated carbocycles. The minimum Gasteiger partial charge on any atom is -0.457 e. The molecule has 4 rings (SSSR count). The fraction of sp³-hybridized carbons (Fsp3) is 0.200. The van der Waals surface area contributed by atoms with Crippen molar-refractivity contribution in [1.82, 2.24) is 4.90 Å². The van der Waals surface area contributed by atoms with E-state index < -0.39 is 0 Å². The van der Waals surface area contributed by atoms with E-state index in [-0.39, 0.29) is 11.8 Å². The SMILES string of the molecule is CC(=O)N1CCN(c2c(Cl)cccc2NC(=O)/C=C/c2ccc(-c3ccc(Br)cc3)o2)CC1. The first kappa shape index (κ1) is 23.1. The summed E-state index contributed by atoms with van der Waals surface area (Å²) in [6.07, 6.45) is 3.07. The lowest BCUT2D eigenvalue weighted by Gasteiger charge is -2.36. The highest BCUT2D eigenvalue weighted by Gasteiger charge is 2.22. The molecule has 3 aromatic rings. The van der Waals surface area contributed by atoms with Gasteiger partial charge in [-0.1, -0.05) is 45.7 Å². The molecule has 170 valence electrons. The highest BCUT2D eigenvalue weighted by Crippen LogP contribution is 2.34. The van der Waals surface area contributed by atoms with Crippen molar-refractivity contribution < 1.29 is 14.0 Å². The van der Waals surface area contributed by atoms with Crippen molar-refractivity contribution in [3.05, 3.63) is 75.9 Å². The number of rotatable bonds is 5. The molecule has 1 aromatic heterocycles. The topological polar surface area (TPSA) is 65.8 Å². The van der Waals surface area contributed by atoms with Crippen molar-refractivity contribution in [3.8, 4) is 11.3 Å². The van der Waals surface area contributed by atoms with Gasteiger partial charge in [0.25, 0.3) is 0 Å². The molecule has 0 spiro atoms. The summed E-state index contributed by atoms with van der Waals surface area (Å²) in [5.41, 5.74) is 2.35. The zero-order valence-corrected chi connectivity index (χ0v) is 20.4. The number of carbonyl (C=O) groups excluding carboxylic acids is 2. The molecular weight excluding hydrogens is 506 g/mol. The number of piperazine rings is 1. The van der Waals surface area contributed by atoms with Crippen molar-refractivity contribution >= 4 is 56.8 Å². The molecule has 6 nitrogen and oxygen atoms in total. The highest BCUT2D eigenvalue weighted by molar-refractivity contribution is 9.10. The number of para-hydroxylation sites is 1. The van der Waals surface area contributed by atoms with Crippen molar-refractivity contribution in [2.75, 3.05) is 36.4 Å². The van der Waals surface area contributed by atoms with Gasteiger partial charge in [0.15, 0.2) is 0 Å². The fourth-order valence-corrected chi connectivity index (χ4v) is 4.28. The molecule has 0 bridgehead atoms. The number of benzene rings is 2. The minimum atomic E-state index is -0.289. The number of nitrogens with one attached hydrogen (secondary N) is 1. The first-order valence-electron chi connectivity index (χ1n) is 10.5. The molecule has 0 unspecified atom stereocenters. The predicted molar refractivity (Wildman–Crippen MR) is 135 cm³/mol. The standard InChI is InChI=1S/C25H23BrClN3O3/c1-17(31)29-13-15-30(16-14-29)25-21(27)3-2-4-22(25)28-24(32)12-10-20-9-11-23(33-20)18-5-7-19(26)8-6-18/h2-12H,13-16H2,1H3,(H,28,32)/b12-10+. The molecule has 1 saturated heterocycles. The van der Waals surface area contributed by atoms with Crippen molar-refractivity contribution in [3.63, 3.8) is 0 Å². The second-order valence-corrected chi connectivity index (χ2v) is 8.98. The molecule has 8 heteroatoms. The fourth-order valence-electron chi connectivity index (χ4n) is 3.73. The lowest BCUT2D eigenvalue weighted by Crippen LogP contribution is -2.48. The van der Waals surface area contributed by atoms with Gasteiger partial charge in [-0.15, -0.1) is 0 Å². The van der Waals surface area contributed by atoms with E-state index in [4.69, 9.17) is 16.0 Å². The number of halogens is 2. The quantitative estimate of drug-likeness (QED) is 0.433. The van der Waals surface area contributed by atoms with Crippen LogP contribution in [0.1, 0.15) is 12.7 Å². The Kier molecular flexibility index (Phi) is 7.20. The molecule has 2 aromatic carbocycles. The Morgan fingerprint density at radius 2 is 1.76 bits per heavy atom.